The molecule has 1 heterocycles. The lowest BCUT2D eigenvalue weighted by Gasteiger charge is -2.09. The summed E-state index contributed by atoms with van der Waals surface area (Å²) < 4.78 is 1.87. The Balaban J connectivity index is 2.06. The van der Waals surface area contributed by atoms with Crippen molar-refractivity contribution < 1.29 is 0 Å². The highest BCUT2D eigenvalue weighted by molar-refractivity contribution is 5.98. The number of aryl methyl sites for hydroxylation is 1. The van der Waals surface area contributed by atoms with Crippen LogP contribution in [0.15, 0.2) is 48.8 Å². The summed E-state index contributed by atoms with van der Waals surface area (Å²) in [5.41, 5.74) is 2.62. The van der Waals surface area contributed by atoms with Crippen LogP contribution in [0.25, 0.3) is 10.8 Å². The Morgan fingerprint density at radius 3 is 2.70 bits per heavy atom. The highest BCUT2D eigenvalue weighted by atomic mass is 15.3. The number of fused-ring (bicyclic) bond motifs is 1. The number of aromatic nitrogens is 2. The van der Waals surface area contributed by atoms with Gasteiger partial charge in [-0.05, 0) is 19.1 Å². The van der Waals surface area contributed by atoms with Crippen LogP contribution in [0.3, 0.4) is 0 Å². The van der Waals surface area contributed by atoms with E-state index in [0.717, 1.165) is 28.7 Å². The predicted octanol–water partition coefficient (Wildman–Crippen LogP) is 3.67. The highest BCUT2D eigenvalue weighted by Crippen LogP contribution is 2.28. The molecule has 4 nitrogen and oxygen atoms in total. The van der Waals surface area contributed by atoms with Crippen molar-refractivity contribution in [3.8, 4) is 6.07 Å². The maximum Gasteiger partial charge on any atom is 0.0998 e. The first kappa shape index (κ1) is 12.2. The second-order valence-corrected chi connectivity index (χ2v) is 4.53. The summed E-state index contributed by atoms with van der Waals surface area (Å²) in [6.07, 6.45) is 3.77. The maximum absolute atomic E-state index is 9.17. The Morgan fingerprint density at radius 1 is 1.20 bits per heavy atom. The number of hydrogen-bond donors (Lipinski definition) is 1. The van der Waals surface area contributed by atoms with Gasteiger partial charge in [0.25, 0.3) is 0 Å². The highest BCUT2D eigenvalue weighted by Gasteiger charge is 2.06. The molecule has 3 rings (SSSR count). The lowest BCUT2D eigenvalue weighted by molar-refractivity contribution is 0.660. The third-order valence-electron chi connectivity index (χ3n) is 3.28. The summed E-state index contributed by atoms with van der Waals surface area (Å²) in [6.45, 7) is 2.89. The molecule has 0 aliphatic carbocycles. The first-order valence-electron chi connectivity index (χ1n) is 6.53. The van der Waals surface area contributed by atoms with Crippen molar-refractivity contribution in [2.75, 3.05) is 5.32 Å². The van der Waals surface area contributed by atoms with E-state index in [1.165, 1.54) is 0 Å². The van der Waals surface area contributed by atoms with Gasteiger partial charge in [-0.2, -0.15) is 10.4 Å². The zero-order chi connectivity index (χ0) is 13.9. The fourth-order valence-electron chi connectivity index (χ4n) is 2.26. The first-order chi connectivity index (χ1) is 9.81. The summed E-state index contributed by atoms with van der Waals surface area (Å²) >= 11 is 0. The van der Waals surface area contributed by atoms with Crippen molar-refractivity contribution in [1.82, 2.24) is 9.78 Å². The van der Waals surface area contributed by atoms with E-state index in [-0.39, 0.29) is 0 Å². The standard InChI is InChI=1S/C16H14N4/c1-2-20-11-13(10-18-20)19-16-8-7-12(9-17)14-5-3-4-6-15(14)16/h3-8,10-11,19H,2H2,1H3. The van der Waals surface area contributed by atoms with Crippen LogP contribution in [0, 0.1) is 11.3 Å². The largest absolute Gasteiger partial charge is 0.352 e. The van der Waals surface area contributed by atoms with E-state index < -0.39 is 0 Å². The fourth-order valence-corrected chi connectivity index (χ4v) is 2.26. The molecule has 20 heavy (non-hydrogen) atoms. The molecule has 0 atom stereocenters. The molecule has 1 aromatic heterocycles. The summed E-state index contributed by atoms with van der Waals surface area (Å²) in [7, 11) is 0. The third kappa shape index (κ3) is 2.10. The Kier molecular flexibility index (Phi) is 3.10. The van der Waals surface area contributed by atoms with E-state index in [4.69, 9.17) is 5.26 Å². The molecule has 0 amide bonds. The topological polar surface area (TPSA) is 53.6 Å². The van der Waals surface area contributed by atoms with Crippen molar-refractivity contribution in [1.29, 1.82) is 5.26 Å². The normalized spacial score (nSPS) is 10.4. The summed E-state index contributed by atoms with van der Waals surface area (Å²) in [6, 6.07) is 13.9. The zero-order valence-electron chi connectivity index (χ0n) is 11.2. The number of nitriles is 1. The molecule has 1 N–H and O–H groups in total. The van der Waals surface area contributed by atoms with Gasteiger partial charge in [-0.25, -0.2) is 0 Å². The van der Waals surface area contributed by atoms with Crippen molar-refractivity contribution in [2.24, 2.45) is 0 Å². The molecule has 0 aliphatic rings. The fraction of sp³-hybridized carbons (Fsp3) is 0.125. The molecule has 98 valence electrons. The van der Waals surface area contributed by atoms with Crippen LogP contribution in [0.1, 0.15) is 12.5 Å². The first-order valence-corrected chi connectivity index (χ1v) is 6.53. The number of nitrogens with zero attached hydrogens (tertiary/aromatic N) is 3. The molecule has 0 saturated heterocycles. The van der Waals surface area contributed by atoms with Gasteiger partial charge in [0.1, 0.15) is 0 Å². The van der Waals surface area contributed by atoms with Crippen LogP contribution < -0.4 is 5.32 Å². The molecule has 0 aliphatic heterocycles. The molecule has 2 aromatic carbocycles. The van der Waals surface area contributed by atoms with Gasteiger partial charge in [0.2, 0.25) is 0 Å². The minimum absolute atomic E-state index is 0.690. The number of hydrogen-bond acceptors (Lipinski definition) is 3. The molecule has 0 unspecified atom stereocenters. The number of rotatable bonds is 3. The number of benzene rings is 2. The van der Waals surface area contributed by atoms with E-state index in [0.29, 0.717) is 5.56 Å². The maximum atomic E-state index is 9.17. The van der Waals surface area contributed by atoms with Crippen LogP contribution in [-0.2, 0) is 6.54 Å². The molecular weight excluding hydrogens is 248 g/mol. The molecule has 0 spiro atoms. The summed E-state index contributed by atoms with van der Waals surface area (Å²) in [4.78, 5) is 0. The quantitative estimate of drug-likeness (QED) is 0.783. The molecule has 0 fully saturated rings. The van der Waals surface area contributed by atoms with Crippen LogP contribution >= 0.6 is 0 Å². The van der Waals surface area contributed by atoms with Gasteiger partial charge in [0.05, 0.1) is 23.5 Å². The minimum atomic E-state index is 0.690. The second-order valence-electron chi connectivity index (χ2n) is 4.53. The van der Waals surface area contributed by atoms with E-state index >= 15 is 0 Å². The van der Waals surface area contributed by atoms with E-state index in [9.17, 15) is 0 Å². The van der Waals surface area contributed by atoms with Crippen LogP contribution in [-0.4, -0.2) is 9.78 Å². The number of nitrogens with one attached hydrogen (secondary N) is 1. The molecule has 0 bridgehead atoms. The Labute approximate surface area is 117 Å². The Bertz CT molecular complexity index is 796. The van der Waals surface area contributed by atoms with Crippen LogP contribution in [0.2, 0.25) is 0 Å². The molecular formula is C16H14N4. The van der Waals surface area contributed by atoms with Crippen molar-refractivity contribution in [3.63, 3.8) is 0 Å². The van der Waals surface area contributed by atoms with Gasteiger partial charge in [0.15, 0.2) is 0 Å². The summed E-state index contributed by atoms with van der Waals surface area (Å²) in [5.74, 6) is 0. The van der Waals surface area contributed by atoms with Gasteiger partial charge < -0.3 is 5.32 Å². The van der Waals surface area contributed by atoms with Gasteiger partial charge in [-0.15, -0.1) is 0 Å². The van der Waals surface area contributed by atoms with Gasteiger partial charge in [-0.1, -0.05) is 24.3 Å². The third-order valence-corrected chi connectivity index (χ3v) is 3.28. The van der Waals surface area contributed by atoms with E-state index in [1.54, 1.807) is 6.20 Å². The van der Waals surface area contributed by atoms with Crippen molar-refractivity contribution in [2.45, 2.75) is 13.5 Å². The van der Waals surface area contributed by atoms with Crippen LogP contribution in [0.4, 0.5) is 11.4 Å². The zero-order valence-corrected chi connectivity index (χ0v) is 11.2. The molecule has 0 saturated carbocycles. The lowest BCUT2D eigenvalue weighted by atomic mass is 10.0. The Hall–Kier alpha value is -2.80. The van der Waals surface area contributed by atoms with E-state index in [1.807, 2.05) is 54.2 Å². The van der Waals surface area contributed by atoms with Crippen LogP contribution in [0.5, 0.6) is 0 Å². The average Bonchev–Trinajstić information content (AvgIpc) is 2.95. The smallest absolute Gasteiger partial charge is 0.0998 e. The number of anilines is 2. The van der Waals surface area contributed by atoms with Gasteiger partial charge >= 0.3 is 0 Å². The van der Waals surface area contributed by atoms with Gasteiger partial charge in [-0.3, -0.25) is 4.68 Å². The van der Waals surface area contributed by atoms with Gasteiger partial charge in [0, 0.05) is 29.2 Å². The lowest BCUT2D eigenvalue weighted by Crippen LogP contribution is -1.93. The molecule has 3 aromatic rings. The predicted molar refractivity (Wildman–Crippen MR) is 79.8 cm³/mol. The molecule has 0 radical (unpaired) electrons. The SMILES string of the molecule is CCn1cc(Nc2ccc(C#N)c3ccccc23)cn1. The van der Waals surface area contributed by atoms with Crippen molar-refractivity contribution >= 4 is 22.1 Å². The monoisotopic (exact) mass is 262 g/mol. The van der Waals surface area contributed by atoms with Crippen molar-refractivity contribution in [3.05, 3.63) is 54.4 Å². The average molecular weight is 262 g/mol. The molecule has 4 heteroatoms. The van der Waals surface area contributed by atoms with E-state index in [2.05, 4.69) is 16.5 Å². The minimum Gasteiger partial charge on any atom is -0.352 e. The summed E-state index contributed by atoms with van der Waals surface area (Å²) in [5, 5.41) is 18.8. The Morgan fingerprint density at radius 2 is 2.00 bits per heavy atom. The second kappa shape index (κ2) is 5.06.